The minimum atomic E-state index is -0.224. The summed E-state index contributed by atoms with van der Waals surface area (Å²) in [5, 5.41) is 8.11. The smallest absolute Gasteiger partial charge is 0.227 e. The number of anilines is 2. The fourth-order valence-electron chi connectivity index (χ4n) is 3.95. The number of imidazole rings is 1. The molecule has 1 N–H and O–H groups in total. The van der Waals surface area contributed by atoms with E-state index < -0.39 is 0 Å². The molecule has 3 heterocycles. The molecule has 166 valence electrons. The van der Waals surface area contributed by atoms with Crippen LogP contribution in [0.1, 0.15) is 20.8 Å². The largest absolute Gasteiger partial charge is 0.324 e. The van der Waals surface area contributed by atoms with Crippen molar-refractivity contribution in [1.29, 1.82) is 0 Å². The van der Waals surface area contributed by atoms with Crippen molar-refractivity contribution in [2.24, 2.45) is 7.05 Å². The quantitative estimate of drug-likeness (QED) is 0.386. The zero-order chi connectivity index (χ0) is 23.2. The topological polar surface area (TPSA) is 86.3 Å². The first-order chi connectivity index (χ1) is 15.8. The number of nitrogens with zero attached hydrogens (tertiary/aromatic N) is 7. The monoisotopic (exact) mass is 458 g/mol. The summed E-state index contributed by atoms with van der Waals surface area (Å²) >= 11 is 6.37. The molecule has 5 aromatic rings. The molecule has 2 aromatic carbocycles. The van der Waals surface area contributed by atoms with Crippen LogP contribution in [0.2, 0.25) is 5.02 Å². The molecule has 0 fully saturated rings. The van der Waals surface area contributed by atoms with Gasteiger partial charge in [-0.25, -0.2) is 24.6 Å². The van der Waals surface area contributed by atoms with Crippen LogP contribution >= 0.6 is 11.6 Å². The van der Waals surface area contributed by atoms with Crippen LogP contribution < -0.4 is 5.32 Å². The number of fused-ring (bicyclic) bond motifs is 1. The highest BCUT2D eigenvalue weighted by Crippen LogP contribution is 2.38. The number of aryl methyl sites for hydroxylation is 1. The van der Waals surface area contributed by atoms with Crippen LogP contribution in [0.15, 0.2) is 61.2 Å². The first kappa shape index (κ1) is 21.1. The van der Waals surface area contributed by atoms with Crippen molar-refractivity contribution in [3.8, 4) is 22.8 Å². The minimum Gasteiger partial charge on any atom is -0.324 e. The number of hydrogen-bond donors (Lipinski definition) is 1. The Morgan fingerprint density at radius 3 is 2.39 bits per heavy atom. The molecule has 5 rings (SSSR count). The Balaban J connectivity index is 1.71. The Bertz CT molecular complexity index is 1450. The molecular weight excluding hydrogens is 436 g/mol. The van der Waals surface area contributed by atoms with Gasteiger partial charge < -0.3 is 9.88 Å². The first-order valence-electron chi connectivity index (χ1n) is 10.5. The minimum absolute atomic E-state index is 0.224. The Hall–Kier alpha value is -3.78. The standard InChI is InChI=1S/C24H23ClN8/c1-24(2,3)33-20-9-7-16(30-23-26-10-5-11-27-23)13-19(20)31-22(33)17-8-6-15(25)12-18(17)21-28-14-29-32(21)4/h5-14H,1-4H3,(H,26,27,30). The third-order valence-corrected chi connectivity index (χ3v) is 5.56. The second kappa shape index (κ2) is 7.97. The van der Waals surface area contributed by atoms with E-state index in [1.807, 2.05) is 37.4 Å². The van der Waals surface area contributed by atoms with Gasteiger partial charge in [-0.3, -0.25) is 0 Å². The molecule has 8 nitrogen and oxygen atoms in total. The normalized spacial score (nSPS) is 11.8. The maximum atomic E-state index is 6.37. The summed E-state index contributed by atoms with van der Waals surface area (Å²) in [5.41, 5.74) is 4.33. The van der Waals surface area contributed by atoms with E-state index in [9.17, 15) is 0 Å². The maximum Gasteiger partial charge on any atom is 0.227 e. The fourth-order valence-corrected chi connectivity index (χ4v) is 4.12. The van der Waals surface area contributed by atoms with Crippen LogP contribution in [0, 0.1) is 0 Å². The average Bonchev–Trinajstić information content (AvgIpc) is 3.37. The van der Waals surface area contributed by atoms with Gasteiger partial charge in [0.25, 0.3) is 0 Å². The van der Waals surface area contributed by atoms with Crippen LogP contribution in [0.4, 0.5) is 11.6 Å². The highest BCUT2D eigenvalue weighted by Gasteiger charge is 2.25. The fraction of sp³-hybridized carbons (Fsp3) is 0.208. The van der Waals surface area contributed by atoms with Gasteiger partial charge in [0.05, 0.1) is 11.0 Å². The van der Waals surface area contributed by atoms with Crippen molar-refractivity contribution >= 4 is 34.3 Å². The summed E-state index contributed by atoms with van der Waals surface area (Å²) in [5.74, 6) is 2.10. The van der Waals surface area contributed by atoms with Crippen molar-refractivity contribution in [3.05, 3.63) is 66.2 Å². The van der Waals surface area contributed by atoms with Gasteiger partial charge in [0, 0.05) is 46.8 Å². The lowest BCUT2D eigenvalue weighted by atomic mass is 10.0. The number of nitrogens with one attached hydrogen (secondary N) is 1. The molecule has 0 amide bonds. The van der Waals surface area contributed by atoms with E-state index in [1.165, 1.54) is 6.33 Å². The Morgan fingerprint density at radius 1 is 0.909 bits per heavy atom. The summed E-state index contributed by atoms with van der Waals surface area (Å²) in [4.78, 5) is 18.0. The molecule has 0 saturated carbocycles. The van der Waals surface area contributed by atoms with E-state index in [4.69, 9.17) is 16.6 Å². The Morgan fingerprint density at radius 2 is 1.70 bits per heavy atom. The van der Waals surface area contributed by atoms with Crippen LogP contribution in [0.5, 0.6) is 0 Å². The van der Waals surface area contributed by atoms with E-state index >= 15 is 0 Å². The number of halogens is 1. The predicted octanol–water partition coefficient (Wildman–Crippen LogP) is 5.44. The van der Waals surface area contributed by atoms with E-state index in [0.29, 0.717) is 11.0 Å². The molecule has 0 atom stereocenters. The van der Waals surface area contributed by atoms with Gasteiger partial charge in [-0.05, 0) is 63.2 Å². The zero-order valence-electron chi connectivity index (χ0n) is 18.8. The Labute approximate surface area is 196 Å². The molecule has 0 aliphatic rings. The van der Waals surface area contributed by atoms with Crippen molar-refractivity contribution < 1.29 is 0 Å². The maximum absolute atomic E-state index is 6.37. The van der Waals surface area contributed by atoms with Gasteiger partial charge in [0.2, 0.25) is 5.95 Å². The molecule has 0 aliphatic carbocycles. The molecular formula is C24H23ClN8. The van der Waals surface area contributed by atoms with Crippen molar-refractivity contribution in [3.63, 3.8) is 0 Å². The van der Waals surface area contributed by atoms with Crippen LogP contribution in [0.25, 0.3) is 33.8 Å². The summed E-state index contributed by atoms with van der Waals surface area (Å²) in [7, 11) is 1.86. The number of rotatable bonds is 4. The summed E-state index contributed by atoms with van der Waals surface area (Å²) in [6.07, 6.45) is 4.94. The van der Waals surface area contributed by atoms with Crippen molar-refractivity contribution in [2.45, 2.75) is 26.3 Å². The van der Waals surface area contributed by atoms with Crippen LogP contribution in [-0.4, -0.2) is 34.3 Å². The molecule has 0 bridgehead atoms. The third-order valence-electron chi connectivity index (χ3n) is 5.32. The lowest BCUT2D eigenvalue weighted by molar-refractivity contribution is 0.413. The molecule has 0 radical (unpaired) electrons. The van der Waals surface area contributed by atoms with Gasteiger partial charge in [0.15, 0.2) is 5.82 Å². The molecule has 33 heavy (non-hydrogen) atoms. The third kappa shape index (κ3) is 3.93. The molecule has 0 unspecified atom stereocenters. The second-order valence-electron chi connectivity index (χ2n) is 8.74. The lowest BCUT2D eigenvalue weighted by Gasteiger charge is -2.25. The summed E-state index contributed by atoms with van der Waals surface area (Å²) in [6, 6.07) is 13.7. The van der Waals surface area contributed by atoms with E-state index in [1.54, 1.807) is 23.1 Å². The molecule has 0 spiro atoms. The molecule has 3 aromatic heterocycles. The van der Waals surface area contributed by atoms with Gasteiger partial charge in [0.1, 0.15) is 12.2 Å². The molecule has 0 aliphatic heterocycles. The SMILES string of the molecule is Cn1ncnc1-c1cc(Cl)ccc1-c1nc2cc(Nc3ncccn3)ccc2n1C(C)(C)C. The number of hydrogen-bond acceptors (Lipinski definition) is 6. The van der Waals surface area contributed by atoms with Crippen molar-refractivity contribution in [2.75, 3.05) is 5.32 Å². The second-order valence-corrected chi connectivity index (χ2v) is 9.18. The first-order valence-corrected chi connectivity index (χ1v) is 10.9. The van der Waals surface area contributed by atoms with Gasteiger partial charge in [-0.1, -0.05) is 11.6 Å². The van der Waals surface area contributed by atoms with Gasteiger partial charge in [-0.15, -0.1) is 0 Å². The predicted molar refractivity (Wildman–Crippen MR) is 130 cm³/mol. The summed E-state index contributed by atoms with van der Waals surface area (Å²) in [6.45, 7) is 6.50. The van der Waals surface area contributed by atoms with Gasteiger partial charge >= 0.3 is 0 Å². The summed E-state index contributed by atoms with van der Waals surface area (Å²) < 4.78 is 3.98. The van der Waals surface area contributed by atoms with E-state index in [2.05, 4.69) is 56.8 Å². The van der Waals surface area contributed by atoms with Crippen molar-refractivity contribution in [1.82, 2.24) is 34.3 Å². The zero-order valence-corrected chi connectivity index (χ0v) is 19.5. The van der Waals surface area contributed by atoms with Crippen LogP contribution in [0.3, 0.4) is 0 Å². The highest BCUT2D eigenvalue weighted by atomic mass is 35.5. The van der Waals surface area contributed by atoms with E-state index in [0.717, 1.165) is 39.5 Å². The van der Waals surface area contributed by atoms with Crippen LogP contribution in [-0.2, 0) is 12.6 Å². The average molecular weight is 459 g/mol. The number of benzene rings is 2. The van der Waals surface area contributed by atoms with Gasteiger partial charge in [-0.2, -0.15) is 5.10 Å². The Kier molecular flexibility index (Phi) is 5.09. The lowest BCUT2D eigenvalue weighted by Crippen LogP contribution is -2.22. The molecule has 9 heteroatoms. The van der Waals surface area contributed by atoms with E-state index in [-0.39, 0.29) is 5.54 Å². The highest BCUT2D eigenvalue weighted by molar-refractivity contribution is 6.31. The number of aromatic nitrogens is 7. The molecule has 0 saturated heterocycles.